The molecule has 0 unspecified atom stereocenters. The van der Waals surface area contributed by atoms with Gasteiger partial charge in [-0.15, -0.1) is 0 Å². The molecule has 148 valence electrons. The molecule has 28 heavy (non-hydrogen) atoms. The van der Waals surface area contributed by atoms with E-state index >= 15 is 0 Å². The van der Waals surface area contributed by atoms with Crippen LogP contribution in [0.1, 0.15) is 20.7 Å². The van der Waals surface area contributed by atoms with Gasteiger partial charge in [0.05, 0.1) is 11.1 Å². The van der Waals surface area contributed by atoms with Crippen molar-refractivity contribution in [2.75, 3.05) is 13.2 Å². The Labute approximate surface area is 156 Å². The number of Topliss-reactive ketones (excluding diaryl/α,β-unsaturated/α-hetero) is 1. The summed E-state index contributed by atoms with van der Waals surface area (Å²) in [5, 5.41) is 55.7. The summed E-state index contributed by atoms with van der Waals surface area (Å²) in [5.41, 5.74) is -0.680. The number of esters is 2. The second-order valence-electron chi connectivity index (χ2n) is 5.42. The first-order valence-electron chi connectivity index (χ1n) is 7.46. The summed E-state index contributed by atoms with van der Waals surface area (Å²) >= 11 is 0. The number of rotatable bonds is 6. The van der Waals surface area contributed by atoms with Crippen LogP contribution in [0.15, 0.2) is 24.3 Å². The number of benzene rings is 2. The number of aromatic hydroxyl groups is 6. The van der Waals surface area contributed by atoms with Gasteiger partial charge >= 0.3 is 11.9 Å². The summed E-state index contributed by atoms with van der Waals surface area (Å²) in [4.78, 5) is 35.2. The summed E-state index contributed by atoms with van der Waals surface area (Å²) in [6.45, 7) is -1.61. The largest absolute Gasteiger partial charge is 0.504 e. The molecule has 0 saturated carbocycles. The highest BCUT2D eigenvalue weighted by atomic mass is 16.6. The Kier molecular flexibility index (Phi) is 5.79. The highest BCUT2D eigenvalue weighted by Crippen LogP contribution is 2.36. The maximum atomic E-state index is 11.8. The van der Waals surface area contributed by atoms with Crippen molar-refractivity contribution in [2.45, 2.75) is 0 Å². The van der Waals surface area contributed by atoms with E-state index in [0.717, 1.165) is 24.3 Å². The van der Waals surface area contributed by atoms with Crippen LogP contribution in [0.25, 0.3) is 0 Å². The fraction of sp³-hybridized carbons (Fsp3) is 0.118. The molecule has 0 saturated heterocycles. The van der Waals surface area contributed by atoms with Crippen molar-refractivity contribution >= 4 is 17.7 Å². The number of phenolic OH excluding ortho intramolecular Hbond substituents is 6. The first-order valence-corrected chi connectivity index (χ1v) is 7.46. The average Bonchev–Trinajstić information content (AvgIpc) is 2.65. The Morgan fingerprint density at radius 1 is 0.607 bits per heavy atom. The molecule has 0 atom stereocenters. The van der Waals surface area contributed by atoms with Crippen LogP contribution < -0.4 is 0 Å². The summed E-state index contributed by atoms with van der Waals surface area (Å²) in [7, 11) is 0. The maximum absolute atomic E-state index is 11.8. The van der Waals surface area contributed by atoms with E-state index in [1.165, 1.54) is 0 Å². The van der Waals surface area contributed by atoms with Gasteiger partial charge in [-0.1, -0.05) is 0 Å². The van der Waals surface area contributed by atoms with Gasteiger partial charge in [-0.05, 0) is 24.3 Å². The third kappa shape index (κ3) is 4.52. The molecule has 11 nitrogen and oxygen atoms in total. The van der Waals surface area contributed by atoms with E-state index in [1.54, 1.807) is 0 Å². The van der Waals surface area contributed by atoms with Crippen molar-refractivity contribution in [2.24, 2.45) is 0 Å². The van der Waals surface area contributed by atoms with E-state index < -0.39 is 65.4 Å². The van der Waals surface area contributed by atoms with E-state index in [-0.39, 0.29) is 11.1 Å². The second-order valence-corrected chi connectivity index (χ2v) is 5.42. The molecule has 0 aliphatic heterocycles. The first kappa shape index (κ1) is 20.2. The summed E-state index contributed by atoms with van der Waals surface area (Å²) in [5.74, 6) is -7.77. The third-order valence-electron chi connectivity index (χ3n) is 3.34. The molecule has 0 aliphatic rings. The molecule has 0 heterocycles. The van der Waals surface area contributed by atoms with Gasteiger partial charge < -0.3 is 40.1 Å². The van der Waals surface area contributed by atoms with Crippen molar-refractivity contribution in [3.63, 3.8) is 0 Å². The Balaban J connectivity index is 1.89. The molecule has 0 spiro atoms. The topological polar surface area (TPSA) is 191 Å². The monoisotopic (exact) mass is 394 g/mol. The molecule has 0 radical (unpaired) electrons. The highest BCUT2D eigenvalue weighted by Gasteiger charge is 2.18. The zero-order valence-corrected chi connectivity index (χ0v) is 13.9. The Morgan fingerprint density at radius 2 is 0.893 bits per heavy atom. The average molecular weight is 394 g/mol. The predicted molar refractivity (Wildman–Crippen MR) is 88.4 cm³/mol. The molecule has 0 bridgehead atoms. The number of hydrogen-bond donors (Lipinski definition) is 6. The molecule has 2 aromatic carbocycles. The molecule has 11 heteroatoms. The zero-order valence-electron chi connectivity index (χ0n) is 13.9. The fourth-order valence-electron chi connectivity index (χ4n) is 1.94. The van der Waals surface area contributed by atoms with Crippen LogP contribution >= 0.6 is 0 Å². The van der Waals surface area contributed by atoms with Crippen LogP contribution in [0.3, 0.4) is 0 Å². The van der Waals surface area contributed by atoms with Crippen molar-refractivity contribution < 1.29 is 54.5 Å². The number of carbonyl (C=O) groups is 3. The van der Waals surface area contributed by atoms with Crippen molar-refractivity contribution in [3.05, 3.63) is 35.4 Å². The smallest absolute Gasteiger partial charge is 0.338 e. The number of hydrogen-bond acceptors (Lipinski definition) is 11. The van der Waals surface area contributed by atoms with Gasteiger partial charge in [-0.2, -0.15) is 0 Å². The van der Waals surface area contributed by atoms with Crippen LogP contribution in [-0.2, 0) is 14.3 Å². The molecule has 0 aliphatic carbocycles. The second kappa shape index (κ2) is 8.03. The van der Waals surface area contributed by atoms with Crippen LogP contribution in [0.4, 0.5) is 0 Å². The van der Waals surface area contributed by atoms with Gasteiger partial charge in [-0.3, -0.25) is 4.79 Å². The minimum absolute atomic E-state index is 0.340. The lowest BCUT2D eigenvalue weighted by Crippen LogP contribution is -2.20. The number of carbonyl (C=O) groups excluding carboxylic acids is 3. The summed E-state index contributed by atoms with van der Waals surface area (Å²) in [6.07, 6.45) is 0. The molecular formula is C17H14O11. The summed E-state index contributed by atoms with van der Waals surface area (Å²) < 4.78 is 9.27. The van der Waals surface area contributed by atoms with Gasteiger partial charge in [0.25, 0.3) is 0 Å². The minimum atomic E-state index is -1.10. The number of phenols is 6. The van der Waals surface area contributed by atoms with Crippen LogP contribution in [0.5, 0.6) is 34.5 Å². The third-order valence-corrected chi connectivity index (χ3v) is 3.34. The fourth-order valence-corrected chi connectivity index (χ4v) is 1.94. The van der Waals surface area contributed by atoms with Crippen LogP contribution in [0, 0.1) is 0 Å². The van der Waals surface area contributed by atoms with Gasteiger partial charge in [0.2, 0.25) is 5.78 Å². The Bertz CT molecular complexity index is 827. The highest BCUT2D eigenvalue weighted by molar-refractivity contribution is 5.95. The van der Waals surface area contributed by atoms with Gasteiger partial charge in [0.1, 0.15) is 0 Å². The molecule has 0 aromatic heterocycles. The standard InChI is InChI=1S/C17H14O11/c18-9(5-27-16(25)7-1-10(19)14(23)11(20)2-7)6-28-17(26)8-3-12(21)15(24)13(22)4-8/h1-4,19-24H,5-6H2. The SMILES string of the molecule is O=C(COC(=O)c1cc(O)c(O)c(O)c1)COC(=O)c1cc(O)c(O)c(O)c1. The van der Waals surface area contributed by atoms with Crippen molar-refractivity contribution in [1.82, 2.24) is 0 Å². The molecule has 2 rings (SSSR count). The molecule has 0 fully saturated rings. The number of ketones is 1. The first-order chi connectivity index (χ1) is 13.1. The van der Waals surface area contributed by atoms with E-state index in [0.29, 0.717) is 0 Å². The van der Waals surface area contributed by atoms with Gasteiger partial charge in [0, 0.05) is 0 Å². The van der Waals surface area contributed by atoms with Gasteiger partial charge in [0.15, 0.2) is 47.7 Å². The van der Waals surface area contributed by atoms with Crippen LogP contribution in [0.2, 0.25) is 0 Å². The van der Waals surface area contributed by atoms with E-state index in [9.17, 15) is 45.0 Å². The lowest BCUT2D eigenvalue weighted by molar-refractivity contribution is -0.125. The minimum Gasteiger partial charge on any atom is -0.504 e. The number of ether oxygens (including phenoxy) is 2. The molecular weight excluding hydrogens is 380 g/mol. The zero-order chi connectivity index (χ0) is 21.0. The lowest BCUT2D eigenvalue weighted by atomic mass is 10.2. The summed E-state index contributed by atoms with van der Waals surface area (Å²) in [6, 6.07) is 3.24. The van der Waals surface area contributed by atoms with Crippen LogP contribution in [-0.4, -0.2) is 61.6 Å². The van der Waals surface area contributed by atoms with Gasteiger partial charge in [-0.25, -0.2) is 9.59 Å². The van der Waals surface area contributed by atoms with E-state index in [4.69, 9.17) is 0 Å². The molecule has 6 N–H and O–H groups in total. The Morgan fingerprint density at radius 3 is 1.18 bits per heavy atom. The molecule has 0 amide bonds. The Hall–Kier alpha value is -4.15. The molecule has 2 aromatic rings. The predicted octanol–water partition coefficient (Wildman–Crippen LogP) is 0.503. The van der Waals surface area contributed by atoms with E-state index in [1.807, 2.05) is 0 Å². The lowest BCUT2D eigenvalue weighted by Gasteiger charge is -2.08. The maximum Gasteiger partial charge on any atom is 0.338 e. The normalized spacial score (nSPS) is 10.3. The van der Waals surface area contributed by atoms with Crippen molar-refractivity contribution in [1.29, 1.82) is 0 Å². The quantitative estimate of drug-likeness (QED) is 0.295. The van der Waals surface area contributed by atoms with Crippen molar-refractivity contribution in [3.8, 4) is 34.5 Å². The van der Waals surface area contributed by atoms with E-state index in [2.05, 4.69) is 9.47 Å².